The molecule has 3 atom stereocenters. The number of aliphatic hydroxyl groups is 1. The number of rotatable bonds is 7. The molecule has 28 heavy (non-hydrogen) atoms. The second kappa shape index (κ2) is 9.82. The first kappa shape index (κ1) is 21.2. The van der Waals surface area contributed by atoms with Crippen LogP contribution in [-0.2, 0) is 4.79 Å². The van der Waals surface area contributed by atoms with Crippen molar-refractivity contribution in [3.05, 3.63) is 64.7 Å². The van der Waals surface area contributed by atoms with E-state index >= 15 is 0 Å². The van der Waals surface area contributed by atoms with Crippen LogP contribution in [0.2, 0.25) is 5.02 Å². The molecule has 1 aliphatic carbocycles. The minimum atomic E-state index is -0.744. The van der Waals surface area contributed by atoms with E-state index < -0.39 is 6.10 Å². The third kappa shape index (κ3) is 5.31. The van der Waals surface area contributed by atoms with E-state index in [0.29, 0.717) is 10.3 Å². The van der Waals surface area contributed by atoms with Crippen LogP contribution in [0, 0.1) is 0 Å². The molecule has 1 saturated carbocycles. The summed E-state index contributed by atoms with van der Waals surface area (Å²) in [5, 5.41) is 14.8. The Morgan fingerprint density at radius 1 is 1.11 bits per heavy atom. The summed E-state index contributed by atoms with van der Waals surface area (Å²) >= 11 is 8.35. The first-order valence-electron chi connectivity index (χ1n) is 9.95. The molecule has 2 N–H and O–H groups in total. The van der Waals surface area contributed by atoms with Crippen LogP contribution < -0.4 is 5.32 Å². The number of thioether (sulfide) groups is 1. The van der Waals surface area contributed by atoms with Gasteiger partial charge in [-0.05, 0) is 49.9 Å². The van der Waals surface area contributed by atoms with E-state index in [9.17, 15) is 9.90 Å². The summed E-state index contributed by atoms with van der Waals surface area (Å²) in [7, 11) is 0. The lowest BCUT2D eigenvalue weighted by Crippen LogP contribution is -2.39. The van der Waals surface area contributed by atoms with Gasteiger partial charge in [-0.3, -0.25) is 4.79 Å². The van der Waals surface area contributed by atoms with E-state index in [4.69, 9.17) is 11.6 Å². The average Bonchev–Trinajstić information content (AvgIpc) is 3.22. The van der Waals surface area contributed by atoms with Gasteiger partial charge in [-0.2, -0.15) is 0 Å². The van der Waals surface area contributed by atoms with E-state index in [1.165, 1.54) is 25.7 Å². The fraction of sp³-hybridized carbons (Fsp3) is 0.435. The zero-order chi connectivity index (χ0) is 20.1. The van der Waals surface area contributed by atoms with E-state index in [1.54, 1.807) is 0 Å². The van der Waals surface area contributed by atoms with Gasteiger partial charge in [0.05, 0.1) is 23.1 Å². The first-order valence-corrected chi connectivity index (χ1v) is 11.2. The van der Waals surface area contributed by atoms with Crippen LogP contribution in [-0.4, -0.2) is 22.3 Å². The van der Waals surface area contributed by atoms with Gasteiger partial charge in [0, 0.05) is 10.1 Å². The lowest BCUT2D eigenvalue weighted by molar-refractivity contribution is -0.123. The monoisotopic (exact) mass is 417 g/mol. The SMILES string of the molecule is CC(C(=O)NC(C)C(O)c1ccccc1)c1ccc(SC2CCCC2)c(Cl)c1. The maximum absolute atomic E-state index is 12.7. The number of benzene rings is 2. The van der Waals surface area contributed by atoms with Crippen molar-refractivity contribution in [2.24, 2.45) is 0 Å². The Morgan fingerprint density at radius 2 is 1.79 bits per heavy atom. The van der Waals surface area contributed by atoms with Crippen molar-refractivity contribution < 1.29 is 9.90 Å². The van der Waals surface area contributed by atoms with Gasteiger partial charge in [0.25, 0.3) is 0 Å². The smallest absolute Gasteiger partial charge is 0.227 e. The number of amides is 1. The maximum atomic E-state index is 12.7. The third-order valence-electron chi connectivity index (χ3n) is 5.43. The highest BCUT2D eigenvalue weighted by Gasteiger charge is 2.23. The van der Waals surface area contributed by atoms with Gasteiger partial charge in [0.1, 0.15) is 0 Å². The number of carbonyl (C=O) groups excluding carboxylic acids is 1. The van der Waals surface area contributed by atoms with Gasteiger partial charge in [-0.1, -0.05) is 60.8 Å². The lowest BCUT2D eigenvalue weighted by Gasteiger charge is -2.23. The molecule has 3 unspecified atom stereocenters. The van der Waals surface area contributed by atoms with Gasteiger partial charge in [0.15, 0.2) is 0 Å². The molecule has 0 heterocycles. The zero-order valence-corrected chi connectivity index (χ0v) is 18.0. The van der Waals surface area contributed by atoms with Crippen LogP contribution in [0.4, 0.5) is 0 Å². The second-order valence-corrected chi connectivity index (χ2v) is 9.34. The summed E-state index contributed by atoms with van der Waals surface area (Å²) in [4.78, 5) is 13.8. The standard InChI is InChI=1S/C23H28ClNO2S/c1-15(23(27)25-16(2)22(26)17-8-4-3-5-9-17)18-12-13-21(20(24)14-18)28-19-10-6-7-11-19/h3-5,8-9,12-16,19,22,26H,6-7,10-11H2,1-2H3,(H,25,27). The van der Waals surface area contributed by atoms with Crippen molar-refractivity contribution in [3.8, 4) is 0 Å². The summed E-state index contributed by atoms with van der Waals surface area (Å²) in [6.07, 6.45) is 4.37. The van der Waals surface area contributed by atoms with Crippen molar-refractivity contribution in [1.82, 2.24) is 5.32 Å². The number of halogens is 1. The molecule has 0 bridgehead atoms. The first-order chi connectivity index (χ1) is 13.5. The van der Waals surface area contributed by atoms with Crippen LogP contribution in [0.25, 0.3) is 0 Å². The van der Waals surface area contributed by atoms with Crippen LogP contribution in [0.3, 0.4) is 0 Å². The number of hydrogen-bond acceptors (Lipinski definition) is 3. The van der Waals surface area contributed by atoms with E-state index in [0.717, 1.165) is 16.0 Å². The molecule has 2 aromatic rings. The van der Waals surface area contributed by atoms with Crippen molar-refractivity contribution in [2.45, 2.75) is 67.7 Å². The molecule has 2 aromatic carbocycles. The van der Waals surface area contributed by atoms with Gasteiger partial charge in [0.2, 0.25) is 5.91 Å². The summed E-state index contributed by atoms with van der Waals surface area (Å²) < 4.78 is 0. The fourth-order valence-corrected chi connectivity index (χ4v) is 5.16. The molecule has 1 aliphatic rings. The van der Waals surface area contributed by atoms with E-state index in [2.05, 4.69) is 5.32 Å². The minimum absolute atomic E-state index is 0.116. The molecule has 0 spiro atoms. The molecule has 0 aromatic heterocycles. The predicted octanol–water partition coefficient (Wildman–Crippen LogP) is 5.72. The highest BCUT2D eigenvalue weighted by molar-refractivity contribution is 8.00. The Labute approximate surface area is 176 Å². The molecule has 0 aliphatic heterocycles. The third-order valence-corrected chi connectivity index (χ3v) is 7.27. The van der Waals surface area contributed by atoms with Gasteiger partial charge in [-0.15, -0.1) is 11.8 Å². The summed E-state index contributed by atoms with van der Waals surface area (Å²) in [5.41, 5.74) is 1.68. The van der Waals surface area contributed by atoms with Crippen LogP contribution in [0.5, 0.6) is 0 Å². The van der Waals surface area contributed by atoms with Gasteiger partial charge in [-0.25, -0.2) is 0 Å². The Hall–Kier alpha value is -1.49. The van der Waals surface area contributed by atoms with Crippen LogP contribution >= 0.6 is 23.4 Å². The molecule has 1 amide bonds. The van der Waals surface area contributed by atoms with E-state index in [-0.39, 0.29) is 17.9 Å². The molecular weight excluding hydrogens is 390 g/mol. The Kier molecular flexibility index (Phi) is 7.44. The minimum Gasteiger partial charge on any atom is -0.386 e. The topological polar surface area (TPSA) is 49.3 Å². The predicted molar refractivity (Wildman–Crippen MR) is 117 cm³/mol. The normalized spacial score (nSPS) is 17.9. The highest BCUT2D eigenvalue weighted by atomic mass is 35.5. The molecule has 0 radical (unpaired) electrons. The fourth-order valence-electron chi connectivity index (χ4n) is 3.59. The Bertz CT molecular complexity index is 792. The number of nitrogens with one attached hydrogen (secondary N) is 1. The summed E-state index contributed by atoms with van der Waals surface area (Å²) in [6, 6.07) is 14.9. The molecule has 150 valence electrons. The van der Waals surface area contributed by atoms with Crippen molar-refractivity contribution in [3.63, 3.8) is 0 Å². The lowest BCUT2D eigenvalue weighted by atomic mass is 9.98. The van der Waals surface area contributed by atoms with Crippen LogP contribution in [0.1, 0.15) is 62.7 Å². The largest absolute Gasteiger partial charge is 0.386 e. The van der Waals surface area contributed by atoms with Crippen LogP contribution in [0.15, 0.2) is 53.4 Å². The van der Waals surface area contributed by atoms with Crippen molar-refractivity contribution in [1.29, 1.82) is 0 Å². The van der Waals surface area contributed by atoms with Gasteiger partial charge < -0.3 is 10.4 Å². The zero-order valence-electron chi connectivity index (χ0n) is 16.4. The Balaban J connectivity index is 1.61. The van der Waals surface area contributed by atoms with E-state index in [1.807, 2.05) is 74.1 Å². The van der Waals surface area contributed by atoms with Crippen molar-refractivity contribution in [2.75, 3.05) is 0 Å². The van der Waals surface area contributed by atoms with Crippen molar-refractivity contribution >= 4 is 29.3 Å². The summed E-state index contributed by atoms with van der Waals surface area (Å²) in [5.74, 6) is -0.455. The molecule has 3 rings (SSSR count). The number of aliphatic hydroxyl groups excluding tert-OH is 1. The average molecular weight is 418 g/mol. The number of carbonyl (C=O) groups is 1. The molecule has 3 nitrogen and oxygen atoms in total. The number of hydrogen-bond donors (Lipinski definition) is 2. The molecule has 5 heteroatoms. The molecule has 1 fully saturated rings. The second-order valence-electron chi connectivity index (χ2n) is 7.59. The van der Waals surface area contributed by atoms with Gasteiger partial charge >= 0.3 is 0 Å². The Morgan fingerprint density at radius 3 is 2.43 bits per heavy atom. The molecule has 0 saturated heterocycles. The highest BCUT2D eigenvalue weighted by Crippen LogP contribution is 2.38. The molecular formula is C23H28ClNO2S. The summed E-state index contributed by atoms with van der Waals surface area (Å²) in [6.45, 7) is 3.68. The quantitative estimate of drug-likeness (QED) is 0.605. The maximum Gasteiger partial charge on any atom is 0.227 e.